The van der Waals surface area contributed by atoms with E-state index in [2.05, 4.69) is 10.4 Å². The highest BCUT2D eigenvalue weighted by molar-refractivity contribution is 5.90. The molecule has 0 aliphatic carbocycles. The molecule has 0 spiro atoms. The van der Waals surface area contributed by atoms with Gasteiger partial charge >= 0.3 is 5.97 Å². The first-order chi connectivity index (χ1) is 16.4. The minimum absolute atomic E-state index is 0.0685. The predicted octanol–water partition coefficient (Wildman–Crippen LogP) is 2.29. The summed E-state index contributed by atoms with van der Waals surface area (Å²) in [5.74, 6) is -1.24. The number of nitrogens with zero attached hydrogens (tertiary/aromatic N) is 2. The van der Waals surface area contributed by atoms with Crippen LogP contribution in [0.1, 0.15) is 23.0 Å². The molecule has 1 N–H and O–H groups in total. The molecule has 0 fully saturated rings. The lowest BCUT2D eigenvalue weighted by molar-refractivity contribution is -0.123. The van der Waals surface area contributed by atoms with Gasteiger partial charge in [-0.3, -0.25) is 9.59 Å². The fourth-order valence-corrected chi connectivity index (χ4v) is 3.10. The lowest BCUT2D eigenvalue weighted by Gasteiger charge is -2.13. The number of carbonyl (C=O) groups is 2. The smallest absolute Gasteiger partial charge is 0.362 e. The number of nitrogens with one attached hydrogen (secondary N) is 1. The average Bonchev–Trinajstić information content (AvgIpc) is 2.84. The Kier molecular flexibility index (Phi) is 8.33. The maximum Gasteiger partial charge on any atom is 0.362 e. The van der Waals surface area contributed by atoms with E-state index in [4.69, 9.17) is 14.2 Å². The lowest BCUT2D eigenvalue weighted by atomic mass is 10.1. The summed E-state index contributed by atoms with van der Waals surface area (Å²) in [4.78, 5) is 37.2. The zero-order valence-electron chi connectivity index (χ0n) is 18.7. The van der Waals surface area contributed by atoms with Crippen molar-refractivity contribution in [1.82, 2.24) is 15.1 Å². The second kappa shape index (κ2) is 11.6. The van der Waals surface area contributed by atoms with Crippen molar-refractivity contribution < 1.29 is 28.2 Å². The van der Waals surface area contributed by atoms with Crippen LogP contribution in [0.5, 0.6) is 11.5 Å². The first-order valence-corrected chi connectivity index (χ1v) is 10.5. The van der Waals surface area contributed by atoms with Gasteiger partial charge < -0.3 is 19.5 Å². The highest BCUT2D eigenvalue weighted by Gasteiger charge is 2.20. The quantitative estimate of drug-likeness (QED) is 0.454. The number of ether oxygens (including phenoxy) is 3. The van der Waals surface area contributed by atoms with Crippen LogP contribution >= 0.6 is 0 Å². The van der Waals surface area contributed by atoms with Crippen molar-refractivity contribution in [2.75, 3.05) is 26.9 Å². The first-order valence-electron chi connectivity index (χ1n) is 10.5. The fraction of sp³-hybridized carbons (Fsp3) is 0.250. The zero-order chi connectivity index (χ0) is 24.5. The number of halogens is 1. The van der Waals surface area contributed by atoms with E-state index in [1.54, 1.807) is 14.0 Å². The van der Waals surface area contributed by atoms with E-state index >= 15 is 0 Å². The summed E-state index contributed by atoms with van der Waals surface area (Å²) in [6.07, 6.45) is 0.541. The standard InChI is InChI=1S/C24H24FN3O6/c1-3-33-24(31)23-20(14-22(30)28(27-23)18-10-8-17(25)9-11-18)34-15-21(29)26-13-12-16-6-4-5-7-19(16)32-2/h4-11,14H,3,12-13,15H2,1-2H3,(H,26,29). The molecule has 1 aromatic heterocycles. The highest BCUT2D eigenvalue weighted by Crippen LogP contribution is 2.18. The molecule has 178 valence electrons. The van der Waals surface area contributed by atoms with Gasteiger partial charge in [0.2, 0.25) is 5.69 Å². The molecule has 0 bridgehead atoms. The molecule has 1 heterocycles. The van der Waals surface area contributed by atoms with Crippen LogP contribution in [0, 0.1) is 5.82 Å². The molecule has 3 rings (SSSR count). The highest BCUT2D eigenvalue weighted by atomic mass is 19.1. The number of benzene rings is 2. The van der Waals surface area contributed by atoms with Crippen molar-refractivity contribution >= 4 is 11.9 Å². The molecule has 0 saturated carbocycles. The van der Waals surface area contributed by atoms with Gasteiger partial charge in [0.05, 0.1) is 25.5 Å². The van der Waals surface area contributed by atoms with Gasteiger partial charge in [0.1, 0.15) is 11.6 Å². The van der Waals surface area contributed by atoms with Gasteiger partial charge in [-0.05, 0) is 49.2 Å². The number of rotatable bonds is 10. The Morgan fingerprint density at radius 2 is 1.82 bits per heavy atom. The number of methoxy groups -OCH3 is 1. The van der Waals surface area contributed by atoms with E-state index in [0.717, 1.165) is 34.2 Å². The van der Waals surface area contributed by atoms with Gasteiger partial charge in [0.25, 0.3) is 11.5 Å². The monoisotopic (exact) mass is 469 g/mol. The third-order valence-electron chi connectivity index (χ3n) is 4.70. The molecule has 34 heavy (non-hydrogen) atoms. The van der Waals surface area contributed by atoms with Crippen molar-refractivity contribution in [3.8, 4) is 17.2 Å². The largest absolute Gasteiger partial charge is 0.496 e. The Morgan fingerprint density at radius 3 is 2.53 bits per heavy atom. The maximum atomic E-state index is 13.2. The van der Waals surface area contributed by atoms with Crippen LogP contribution in [0.25, 0.3) is 5.69 Å². The van der Waals surface area contributed by atoms with Crippen molar-refractivity contribution in [3.63, 3.8) is 0 Å². The fourth-order valence-electron chi connectivity index (χ4n) is 3.10. The van der Waals surface area contributed by atoms with E-state index in [-0.39, 0.29) is 23.7 Å². The topological polar surface area (TPSA) is 109 Å². The molecule has 3 aromatic rings. The average molecular weight is 469 g/mol. The summed E-state index contributed by atoms with van der Waals surface area (Å²) < 4.78 is 29.9. The minimum atomic E-state index is -0.829. The molecule has 0 aliphatic heterocycles. The summed E-state index contributed by atoms with van der Waals surface area (Å²) >= 11 is 0. The van der Waals surface area contributed by atoms with Crippen LogP contribution in [0.2, 0.25) is 0 Å². The van der Waals surface area contributed by atoms with Gasteiger partial charge in [0.15, 0.2) is 12.4 Å². The molecular formula is C24H24FN3O6. The Morgan fingerprint density at radius 1 is 1.09 bits per heavy atom. The van der Waals surface area contributed by atoms with Gasteiger partial charge in [-0.25, -0.2) is 9.18 Å². The number of para-hydroxylation sites is 1. The minimum Gasteiger partial charge on any atom is -0.496 e. The van der Waals surface area contributed by atoms with Gasteiger partial charge in [-0.1, -0.05) is 18.2 Å². The van der Waals surface area contributed by atoms with Crippen LogP contribution in [0.15, 0.2) is 59.4 Å². The molecule has 10 heteroatoms. The molecule has 0 unspecified atom stereocenters. The molecule has 2 aromatic carbocycles. The normalized spacial score (nSPS) is 10.4. The summed E-state index contributed by atoms with van der Waals surface area (Å²) in [5.41, 5.74) is 0.265. The number of hydrogen-bond donors (Lipinski definition) is 1. The zero-order valence-corrected chi connectivity index (χ0v) is 18.7. The molecule has 1 amide bonds. The Bertz CT molecular complexity index is 1210. The molecule has 0 aliphatic rings. The van der Waals surface area contributed by atoms with Crippen molar-refractivity contribution in [1.29, 1.82) is 0 Å². The molecule has 0 saturated heterocycles. The molecule has 9 nitrogen and oxygen atoms in total. The molecule has 0 radical (unpaired) electrons. The van der Waals surface area contributed by atoms with E-state index < -0.39 is 29.9 Å². The van der Waals surface area contributed by atoms with Crippen molar-refractivity contribution in [3.05, 3.63) is 82.0 Å². The van der Waals surface area contributed by atoms with Crippen LogP contribution in [0.4, 0.5) is 4.39 Å². The van der Waals surface area contributed by atoms with Crippen LogP contribution in [-0.4, -0.2) is 48.5 Å². The van der Waals surface area contributed by atoms with Crippen molar-refractivity contribution in [2.24, 2.45) is 0 Å². The van der Waals surface area contributed by atoms with Gasteiger partial charge in [0, 0.05) is 6.54 Å². The third kappa shape index (κ3) is 6.18. The Hall–Kier alpha value is -4.21. The van der Waals surface area contributed by atoms with E-state index in [1.165, 1.54) is 12.1 Å². The second-order valence-corrected chi connectivity index (χ2v) is 7.00. The van der Waals surface area contributed by atoms with E-state index in [9.17, 15) is 18.8 Å². The summed E-state index contributed by atoms with van der Waals surface area (Å²) in [6, 6.07) is 13.5. The van der Waals surface area contributed by atoms with Gasteiger partial charge in [-0.2, -0.15) is 9.78 Å². The first kappa shape index (κ1) is 24.4. The van der Waals surface area contributed by atoms with Crippen molar-refractivity contribution in [2.45, 2.75) is 13.3 Å². The predicted molar refractivity (Wildman–Crippen MR) is 121 cm³/mol. The SMILES string of the molecule is CCOC(=O)c1nn(-c2ccc(F)cc2)c(=O)cc1OCC(=O)NCCc1ccccc1OC. The maximum absolute atomic E-state index is 13.2. The summed E-state index contributed by atoms with van der Waals surface area (Å²) in [7, 11) is 1.57. The number of hydrogen-bond acceptors (Lipinski definition) is 7. The molecular weight excluding hydrogens is 445 g/mol. The number of esters is 1. The Labute approximate surface area is 195 Å². The van der Waals surface area contributed by atoms with Crippen LogP contribution in [-0.2, 0) is 16.0 Å². The number of amides is 1. The summed E-state index contributed by atoms with van der Waals surface area (Å²) in [6.45, 7) is 1.57. The van der Waals surface area contributed by atoms with E-state index in [0.29, 0.717) is 13.0 Å². The number of aromatic nitrogens is 2. The lowest BCUT2D eigenvalue weighted by Crippen LogP contribution is -2.32. The van der Waals surface area contributed by atoms with Gasteiger partial charge in [-0.15, -0.1) is 0 Å². The summed E-state index contributed by atoms with van der Waals surface area (Å²) in [5, 5.41) is 6.73. The second-order valence-electron chi connectivity index (χ2n) is 7.00. The van der Waals surface area contributed by atoms with Crippen LogP contribution < -0.4 is 20.3 Å². The third-order valence-corrected chi connectivity index (χ3v) is 4.70. The molecule has 0 atom stereocenters. The Balaban J connectivity index is 1.70. The van der Waals surface area contributed by atoms with E-state index in [1.807, 2.05) is 24.3 Å². The van der Waals surface area contributed by atoms with Crippen LogP contribution in [0.3, 0.4) is 0 Å². The number of carbonyl (C=O) groups excluding carboxylic acids is 2.